The molecule has 0 atom stereocenters. The van der Waals surface area contributed by atoms with Crippen LogP contribution in [0.15, 0.2) is 42.5 Å². The molecule has 23 heavy (non-hydrogen) atoms. The first-order chi connectivity index (χ1) is 11.1. The molecular weight excluding hydrogens is 310 g/mol. The highest BCUT2D eigenvalue weighted by Gasteiger charge is 2.13. The van der Waals surface area contributed by atoms with E-state index in [2.05, 4.69) is 33.6 Å². The van der Waals surface area contributed by atoms with E-state index in [0.29, 0.717) is 5.69 Å². The number of hydrogen-bond donors (Lipinski definition) is 3. The van der Waals surface area contributed by atoms with Gasteiger partial charge < -0.3 is 10.6 Å². The average molecular weight is 331 g/mol. The van der Waals surface area contributed by atoms with E-state index in [9.17, 15) is 8.42 Å². The fourth-order valence-electron chi connectivity index (χ4n) is 2.66. The van der Waals surface area contributed by atoms with Crippen molar-refractivity contribution < 1.29 is 8.42 Å². The maximum absolute atomic E-state index is 11.5. The number of fused-ring (bicyclic) bond motifs is 1. The predicted molar refractivity (Wildman–Crippen MR) is 95.5 cm³/mol. The lowest BCUT2D eigenvalue weighted by atomic mass is 10.1. The van der Waals surface area contributed by atoms with E-state index in [1.165, 1.54) is 16.8 Å². The molecule has 0 bridgehead atoms. The van der Waals surface area contributed by atoms with Crippen molar-refractivity contribution in [2.75, 3.05) is 27.7 Å². The highest BCUT2D eigenvalue weighted by Crippen LogP contribution is 2.27. The summed E-state index contributed by atoms with van der Waals surface area (Å²) in [7, 11) is -3.23. The molecule has 3 rings (SSSR count). The van der Waals surface area contributed by atoms with Crippen molar-refractivity contribution in [2.45, 2.75) is 19.9 Å². The summed E-state index contributed by atoms with van der Waals surface area (Å²) in [4.78, 5) is 0. The van der Waals surface area contributed by atoms with Crippen LogP contribution in [-0.2, 0) is 23.0 Å². The molecule has 122 valence electrons. The van der Waals surface area contributed by atoms with Gasteiger partial charge in [-0.1, -0.05) is 18.2 Å². The average Bonchev–Trinajstić information content (AvgIpc) is 3.03. The Hall–Kier alpha value is -2.21. The van der Waals surface area contributed by atoms with Crippen LogP contribution in [0.25, 0.3) is 0 Å². The summed E-state index contributed by atoms with van der Waals surface area (Å²) in [5.74, 6) is 0.0686. The molecule has 0 spiro atoms. The Balaban J connectivity index is 1.64. The van der Waals surface area contributed by atoms with Gasteiger partial charge in [0.1, 0.15) is 0 Å². The zero-order valence-electron chi connectivity index (χ0n) is 13.1. The first-order valence-electron chi connectivity index (χ1n) is 7.76. The number of anilines is 3. The third-order valence-corrected chi connectivity index (χ3v) is 5.26. The molecule has 2 aromatic rings. The largest absolute Gasteiger partial charge is 0.384 e. The van der Waals surface area contributed by atoms with Gasteiger partial charge in [0, 0.05) is 30.2 Å². The molecular formula is C17H21N3O2S. The van der Waals surface area contributed by atoms with E-state index in [1.807, 2.05) is 12.1 Å². The lowest BCUT2D eigenvalue weighted by molar-refractivity contribution is 0.602. The van der Waals surface area contributed by atoms with Crippen molar-refractivity contribution in [1.29, 1.82) is 0 Å². The van der Waals surface area contributed by atoms with Crippen LogP contribution in [0.4, 0.5) is 17.1 Å². The summed E-state index contributed by atoms with van der Waals surface area (Å²) in [6.45, 7) is 3.35. The Morgan fingerprint density at radius 1 is 1.09 bits per heavy atom. The quantitative estimate of drug-likeness (QED) is 0.761. The van der Waals surface area contributed by atoms with E-state index in [0.717, 1.165) is 25.2 Å². The smallest absolute Gasteiger partial charge is 0.232 e. The van der Waals surface area contributed by atoms with Gasteiger partial charge in [0.15, 0.2) is 0 Å². The van der Waals surface area contributed by atoms with Gasteiger partial charge in [-0.3, -0.25) is 4.72 Å². The molecule has 0 saturated carbocycles. The molecule has 0 aliphatic carbocycles. The van der Waals surface area contributed by atoms with E-state index in [1.54, 1.807) is 19.1 Å². The van der Waals surface area contributed by atoms with Gasteiger partial charge >= 0.3 is 0 Å². The lowest BCUT2D eigenvalue weighted by Gasteiger charge is -2.12. The van der Waals surface area contributed by atoms with Crippen LogP contribution in [0.2, 0.25) is 0 Å². The molecule has 3 N–H and O–H groups in total. The second-order valence-electron chi connectivity index (χ2n) is 5.56. The van der Waals surface area contributed by atoms with Gasteiger partial charge in [-0.05, 0) is 48.7 Å². The predicted octanol–water partition coefficient (Wildman–Crippen LogP) is 3.03. The van der Waals surface area contributed by atoms with Crippen molar-refractivity contribution in [3.8, 4) is 0 Å². The second-order valence-corrected chi connectivity index (χ2v) is 7.58. The number of hydrogen-bond acceptors (Lipinski definition) is 4. The lowest BCUT2D eigenvalue weighted by Crippen LogP contribution is -2.14. The summed E-state index contributed by atoms with van der Waals surface area (Å²) >= 11 is 0. The van der Waals surface area contributed by atoms with Gasteiger partial charge in [0.25, 0.3) is 0 Å². The molecule has 6 heteroatoms. The van der Waals surface area contributed by atoms with Gasteiger partial charge in [0.05, 0.1) is 5.75 Å². The molecule has 0 unspecified atom stereocenters. The Labute approximate surface area is 137 Å². The van der Waals surface area contributed by atoms with E-state index in [4.69, 9.17) is 0 Å². The zero-order chi connectivity index (χ0) is 16.3. The highest BCUT2D eigenvalue weighted by molar-refractivity contribution is 7.92. The van der Waals surface area contributed by atoms with Gasteiger partial charge in [-0.15, -0.1) is 0 Å². The van der Waals surface area contributed by atoms with Crippen LogP contribution in [-0.4, -0.2) is 20.7 Å². The Bertz CT molecular complexity index is 786. The molecule has 1 aliphatic rings. The molecule has 0 radical (unpaired) electrons. The van der Waals surface area contributed by atoms with E-state index >= 15 is 0 Å². The Kier molecular flexibility index (Phi) is 4.43. The third kappa shape index (κ3) is 3.76. The standard InChI is InChI=1S/C17H21N3O2S/c1-2-23(21,22)20-16-8-6-15(7-9-16)19-12-14-5-3-4-13-10-11-18-17(13)14/h3-9,18-20H,2,10-12H2,1H3. The molecule has 1 aliphatic heterocycles. The first-order valence-corrected chi connectivity index (χ1v) is 9.42. The molecule has 1 heterocycles. The van der Waals surface area contributed by atoms with Gasteiger partial charge in [-0.25, -0.2) is 8.42 Å². The van der Waals surface area contributed by atoms with Crippen LogP contribution in [0.3, 0.4) is 0 Å². The zero-order valence-corrected chi connectivity index (χ0v) is 13.9. The molecule has 0 saturated heterocycles. The maximum Gasteiger partial charge on any atom is 0.232 e. The fourth-order valence-corrected chi connectivity index (χ4v) is 3.30. The number of nitrogens with one attached hydrogen (secondary N) is 3. The van der Waals surface area contributed by atoms with Gasteiger partial charge in [-0.2, -0.15) is 0 Å². The van der Waals surface area contributed by atoms with Gasteiger partial charge in [0.2, 0.25) is 10.0 Å². The highest BCUT2D eigenvalue weighted by atomic mass is 32.2. The monoisotopic (exact) mass is 331 g/mol. The third-order valence-electron chi connectivity index (χ3n) is 3.95. The van der Waals surface area contributed by atoms with E-state index in [-0.39, 0.29) is 5.75 Å². The summed E-state index contributed by atoms with van der Waals surface area (Å²) < 4.78 is 25.6. The van der Waals surface area contributed by atoms with Crippen LogP contribution < -0.4 is 15.4 Å². The number of benzene rings is 2. The van der Waals surface area contributed by atoms with Crippen LogP contribution in [0, 0.1) is 0 Å². The van der Waals surface area contributed by atoms with Crippen molar-refractivity contribution in [3.63, 3.8) is 0 Å². The van der Waals surface area contributed by atoms with E-state index < -0.39 is 10.0 Å². The Morgan fingerprint density at radius 2 is 1.83 bits per heavy atom. The summed E-state index contributed by atoms with van der Waals surface area (Å²) in [6.07, 6.45) is 1.08. The molecule has 0 amide bonds. The summed E-state index contributed by atoms with van der Waals surface area (Å²) in [5.41, 5.74) is 5.40. The Morgan fingerprint density at radius 3 is 2.57 bits per heavy atom. The minimum Gasteiger partial charge on any atom is -0.384 e. The summed E-state index contributed by atoms with van der Waals surface area (Å²) in [5, 5.41) is 6.81. The van der Waals surface area contributed by atoms with Crippen molar-refractivity contribution in [3.05, 3.63) is 53.6 Å². The first kappa shape index (κ1) is 15.7. The molecule has 0 aromatic heterocycles. The van der Waals surface area contributed by atoms with Crippen LogP contribution >= 0.6 is 0 Å². The number of sulfonamides is 1. The number of rotatable bonds is 6. The summed E-state index contributed by atoms with van der Waals surface area (Å²) in [6, 6.07) is 13.7. The minimum absolute atomic E-state index is 0.0686. The molecule has 0 fully saturated rings. The van der Waals surface area contributed by atoms with Crippen LogP contribution in [0.5, 0.6) is 0 Å². The van der Waals surface area contributed by atoms with Crippen molar-refractivity contribution >= 4 is 27.1 Å². The number of para-hydroxylation sites is 1. The molecule has 2 aromatic carbocycles. The molecule has 5 nitrogen and oxygen atoms in total. The second kappa shape index (κ2) is 6.50. The normalized spacial score (nSPS) is 13.3. The van der Waals surface area contributed by atoms with Crippen LogP contribution in [0.1, 0.15) is 18.1 Å². The minimum atomic E-state index is -3.23. The SMILES string of the molecule is CCS(=O)(=O)Nc1ccc(NCc2cccc3c2NCC3)cc1. The van der Waals surface area contributed by atoms with Crippen molar-refractivity contribution in [2.24, 2.45) is 0 Å². The topological polar surface area (TPSA) is 70.2 Å². The fraction of sp³-hybridized carbons (Fsp3) is 0.294. The maximum atomic E-state index is 11.5. The van der Waals surface area contributed by atoms with Crippen molar-refractivity contribution in [1.82, 2.24) is 0 Å².